The van der Waals surface area contributed by atoms with Gasteiger partial charge in [-0.05, 0) is 279 Å². The molecular formula is C114H70F4N4. The average Bonchev–Trinajstić information content (AvgIpc) is 1.50. The lowest BCUT2D eigenvalue weighted by atomic mass is 9.70. The Morgan fingerprint density at radius 1 is 0.156 bits per heavy atom. The first kappa shape index (κ1) is 70.6. The van der Waals surface area contributed by atoms with Crippen molar-refractivity contribution < 1.29 is 17.6 Å². The van der Waals surface area contributed by atoms with Crippen molar-refractivity contribution >= 4 is 111 Å². The molecule has 0 heterocycles. The molecule has 0 saturated carbocycles. The summed E-state index contributed by atoms with van der Waals surface area (Å²) in [4.78, 5) is 8.99. The third-order valence-electron chi connectivity index (χ3n) is 25.9. The molecule has 0 saturated heterocycles. The number of nitrogens with zero attached hydrogens (tertiary/aromatic N) is 4. The van der Waals surface area contributed by atoms with Crippen LogP contribution in [-0.2, 0) is 10.8 Å². The number of anilines is 12. The molecular weight excluding hydrogens is 1500 g/mol. The summed E-state index contributed by atoms with van der Waals surface area (Å²) in [7, 11) is 0. The van der Waals surface area contributed by atoms with E-state index in [2.05, 4.69) is 311 Å². The maximum absolute atomic E-state index is 16.7. The molecule has 0 atom stereocenters. The Kier molecular flexibility index (Phi) is 15.9. The van der Waals surface area contributed by atoms with Gasteiger partial charge in [0.1, 0.15) is 23.3 Å². The zero-order valence-corrected chi connectivity index (χ0v) is 65.7. The highest BCUT2D eigenvalue weighted by atomic mass is 19.1. The van der Waals surface area contributed by atoms with Crippen molar-refractivity contribution in [3.05, 3.63) is 492 Å². The van der Waals surface area contributed by atoms with E-state index in [0.29, 0.717) is 11.4 Å². The highest BCUT2D eigenvalue weighted by molar-refractivity contribution is 6.22. The first-order valence-corrected chi connectivity index (χ1v) is 41.4. The predicted molar refractivity (Wildman–Crippen MR) is 493 cm³/mol. The van der Waals surface area contributed by atoms with Crippen molar-refractivity contribution in [3.63, 3.8) is 0 Å². The van der Waals surface area contributed by atoms with E-state index in [9.17, 15) is 0 Å². The van der Waals surface area contributed by atoms with Gasteiger partial charge in [0.25, 0.3) is 0 Å². The van der Waals surface area contributed by atoms with Crippen LogP contribution in [0.1, 0.15) is 44.5 Å². The molecule has 24 rings (SSSR count). The SMILES string of the molecule is Fc1ccc(N(c2ccccc2)c2cc3c(c4ccccc24)-c2c(cc(N(c4ccc(F)cc4)c4cccc(-c5cccc(N(c6cccc(F)c6)c6cc7c(c8ccccc68)-c6c(cc(N(c8ccccc8)c8cccc(F)c8)c8ccccc68)C76c7ccccc7-c7ccccc76)c5)c4)c4ccccc24)C32c3ccccc3-c3ccccc32)cc1. The summed E-state index contributed by atoms with van der Waals surface area (Å²) in [5.41, 5.74) is 27.9. The van der Waals surface area contributed by atoms with Crippen molar-refractivity contribution in [1.82, 2.24) is 0 Å². The lowest BCUT2D eigenvalue weighted by Gasteiger charge is -2.34. The molecule has 0 unspecified atom stereocenters. The van der Waals surface area contributed by atoms with E-state index in [1.807, 2.05) is 72.8 Å². The molecule has 574 valence electrons. The molecule has 20 aromatic carbocycles. The number of hydrogen-bond acceptors (Lipinski definition) is 4. The molecule has 0 amide bonds. The van der Waals surface area contributed by atoms with Crippen molar-refractivity contribution in [2.75, 3.05) is 19.6 Å². The van der Waals surface area contributed by atoms with Gasteiger partial charge in [-0.3, -0.25) is 0 Å². The zero-order chi connectivity index (χ0) is 81.1. The number of para-hydroxylation sites is 2. The summed E-state index contributed by atoms with van der Waals surface area (Å²) in [6.07, 6.45) is 0. The van der Waals surface area contributed by atoms with E-state index in [1.165, 1.54) is 24.3 Å². The van der Waals surface area contributed by atoms with Crippen LogP contribution >= 0.6 is 0 Å². The molecule has 0 aliphatic heterocycles. The van der Waals surface area contributed by atoms with E-state index in [4.69, 9.17) is 0 Å². The fourth-order valence-corrected chi connectivity index (χ4v) is 21.3. The molecule has 122 heavy (non-hydrogen) atoms. The minimum absolute atomic E-state index is 0.315. The maximum atomic E-state index is 16.7. The second-order valence-corrected chi connectivity index (χ2v) is 32.2. The Morgan fingerprint density at radius 3 is 0.689 bits per heavy atom. The predicted octanol–water partition coefficient (Wildman–Crippen LogP) is 31.1. The molecule has 0 aromatic heterocycles. The minimum Gasteiger partial charge on any atom is -0.310 e. The molecule has 4 nitrogen and oxygen atoms in total. The van der Waals surface area contributed by atoms with E-state index in [-0.39, 0.29) is 23.3 Å². The van der Waals surface area contributed by atoms with Gasteiger partial charge in [0.05, 0.1) is 33.6 Å². The van der Waals surface area contributed by atoms with Crippen LogP contribution in [0.25, 0.3) is 98.7 Å². The molecule has 2 spiro atoms. The van der Waals surface area contributed by atoms with Crippen LogP contribution in [0, 0.1) is 23.3 Å². The lowest BCUT2D eigenvalue weighted by molar-refractivity contribution is 0.627. The van der Waals surface area contributed by atoms with Crippen molar-refractivity contribution in [2.24, 2.45) is 0 Å². The second-order valence-electron chi connectivity index (χ2n) is 32.2. The van der Waals surface area contributed by atoms with E-state index in [0.717, 1.165) is 200 Å². The minimum atomic E-state index is -0.929. The first-order valence-electron chi connectivity index (χ1n) is 41.4. The number of fused-ring (bicyclic) bond motifs is 28. The van der Waals surface area contributed by atoms with Crippen molar-refractivity contribution in [1.29, 1.82) is 0 Å². The molecule has 0 radical (unpaired) electrons. The van der Waals surface area contributed by atoms with Gasteiger partial charge in [0.2, 0.25) is 0 Å². The summed E-state index contributed by atoms with van der Waals surface area (Å²) in [6, 6.07) is 145. The van der Waals surface area contributed by atoms with Gasteiger partial charge in [-0.2, -0.15) is 0 Å². The van der Waals surface area contributed by atoms with Crippen LogP contribution in [0.15, 0.2) is 425 Å². The Labute approximate surface area is 702 Å². The van der Waals surface area contributed by atoms with Crippen molar-refractivity contribution in [2.45, 2.75) is 10.8 Å². The number of hydrogen-bond donors (Lipinski definition) is 0. The van der Waals surface area contributed by atoms with Crippen LogP contribution in [-0.4, -0.2) is 0 Å². The molecule has 20 aromatic rings. The summed E-state index contributed by atoms with van der Waals surface area (Å²) in [5.74, 6) is -1.39. The number of halogens is 4. The average molecular weight is 1570 g/mol. The van der Waals surface area contributed by atoms with Gasteiger partial charge in [-0.15, -0.1) is 0 Å². The van der Waals surface area contributed by atoms with Gasteiger partial charge in [0, 0.05) is 67.0 Å². The van der Waals surface area contributed by atoms with Crippen LogP contribution in [0.3, 0.4) is 0 Å². The van der Waals surface area contributed by atoms with E-state index >= 15 is 17.6 Å². The third-order valence-corrected chi connectivity index (χ3v) is 25.9. The highest BCUT2D eigenvalue weighted by Crippen LogP contribution is 2.70. The topological polar surface area (TPSA) is 13.0 Å². The quantitative estimate of drug-likeness (QED) is 0.107. The Hall–Kier alpha value is -15.6. The molecule has 0 fully saturated rings. The van der Waals surface area contributed by atoms with Gasteiger partial charge < -0.3 is 19.6 Å². The van der Waals surface area contributed by atoms with E-state index < -0.39 is 10.8 Å². The third kappa shape index (κ3) is 10.3. The molecule has 0 N–H and O–H groups in total. The normalized spacial score (nSPS) is 13.0. The lowest BCUT2D eigenvalue weighted by Crippen LogP contribution is -2.26. The van der Waals surface area contributed by atoms with E-state index in [1.54, 1.807) is 36.4 Å². The standard InChI is InChI=1S/C114H70F4N4/c115-73-55-59-79(60-56-73)119(77-31-3-1-4-32-77)105-67-101-109(93-47-11-7-43-89(93)105)111-95-49-13-9-45-91(95)107(69-103(111)113(101)97-51-19-15-39-85(97)86-40-16-20-52-98(86)113)121(80-61-57-74(116)58-62-80)81-35-23-27-71(63-81)72-28-24-36-82(64-72)122(84-38-26-30-76(118)66-84)108-70-104-112(96-50-14-10-46-92(96)108)110-94-48-12-8-44-90(94)106(120(78-33-5-2-6-34-78)83-37-25-29-75(117)65-83)68-102(110)114(104)99-53-21-17-41-87(99)88-42-18-22-54-100(88)114/h1-70H. The fourth-order valence-electron chi connectivity index (χ4n) is 21.3. The summed E-state index contributed by atoms with van der Waals surface area (Å²) < 4.78 is 63.7. The highest BCUT2D eigenvalue weighted by Gasteiger charge is 2.56. The molecule has 8 heteroatoms. The van der Waals surface area contributed by atoms with Crippen LogP contribution < -0.4 is 19.6 Å². The second kappa shape index (κ2) is 27.5. The number of benzene rings is 20. The van der Waals surface area contributed by atoms with Crippen molar-refractivity contribution in [3.8, 4) is 55.6 Å². The van der Waals surface area contributed by atoms with Crippen LogP contribution in [0.4, 0.5) is 85.8 Å². The monoisotopic (exact) mass is 1570 g/mol. The first-order chi connectivity index (χ1) is 60.2. The van der Waals surface area contributed by atoms with Crippen LogP contribution in [0.2, 0.25) is 0 Å². The Morgan fingerprint density at radius 2 is 0.385 bits per heavy atom. The van der Waals surface area contributed by atoms with Crippen LogP contribution in [0.5, 0.6) is 0 Å². The smallest absolute Gasteiger partial charge is 0.125 e. The largest absolute Gasteiger partial charge is 0.310 e. The van der Waals surface area contributed by atoms with Gasteiger partial charge in [0.15, 0.2) is 0 Å². The Bertz CT molecular complexity index is 7640. The molecule has 4 aliphatic carbocycles. The molecule has 4 aliphatic rings. The molecule has 0 bridgehead atoms. The maximum Gasteiger partial charge on any atom is 0.125 e. The summed E-state index contributed by atoms with van der Waals surface area (Å²) in [6.45, 7) is 0. The summed E-state index contributed by atoms with van der Waals surface area (Å²) >= 11 is 0. The summed E-state index contributed by atoms with van der Waals surface area (Å²) in [5, 5.41) is 8.18. The Balaban J connectivity index is 0.716. The van der Waals surface area contributed by atoms with Gasteiger partial charge in [-0.25, -0.2) is 17.6 Å². The van der Waals surface area contributed by atoms with Gasteiger partial charge in [-0.1, -0.05) is 267 Å². The van der Waals surface area contributed by atoms with Gasteiger partial charge >= 0.3 is 0 Å². The zero-order valence-electron chi connectivity index (χ0n) is 65.7. The fraction of sp³-hybridized carbons (Fsp3) is 0.0175. The number of rotatable bonds is 13.